The monoisotopic (exact) mass is 296 g/mol. The van der Waals surface area contributed by atoms with Crippen molar-refractivity contribution in [3.05, 3.63) is 16.4 Å². The maximum Gasteiger partial charge on any atom is 0.352 e. The number of hydrogen-bond donors (Lipinski definition) is 2. The summed E-state index contributed by atoms with van der Waals surface area (Å²) in [6.07, 6.45) is 3.15. The number of aromatic nitrogens is 2. The number of nitro groups is 1. The summed E-state index contributed by atoms with van der Waals surface area (Å²) < 4.78 is 0. The smallest absolute Gasteiger partial charge is 0.352 e. The van der Waals surface area contributed by atoms with Crippen molar-refractivity contribution >= 4 is 17.3 Å². The third-order valence-corrected chi connectivity index (χ3v) is 3.42. The summed E-state index contributed by atoms with van der Waals surface area (Å²) in [5.41, 5.74) is 5.28. The first kappa shape index (κ1) is 17.1. The second-order valence-corrected chi connectivity index (χ2v) is 4.93. The van der Waals surface area contributed by atoms with E-state index in [2.05, 4.69) is 34.0 Å². The van der Waals surface area contributed by atoms with E-state index in [-0.39, 0.29) is 23.4 Å². The van der Waals surface area contributed by atoms with E-state index in [4.69, 9.17) is 5.73 Å². The van der Waals surface area contributed by atoms with Crippen molar-refractivity contribution in [3.8, 4) is 0 Å². The van der Waals surface area contributed by atoms with Crippen molar-refractivity contribution < 1.29 is 4.92 Å². The summed E-state index contributed by atoms with van der Waals surface area (Å²) in [5, 5.41) is 14.1. The summed E-state index contributed by atoms with van der Waals surface area (Å²) in [4.78, 5) is 20.4. The molecule has 1 aromatic rings. The average molecular weight is 296 g/mol. The lowest BCUT2D eigenvalue weighted by molar-refractivity contribution is -0.383. The van der Waals surface area contributed by atoms with Gasteiger partial charge in [0.15, 0.2) is 0 Å². The fourth-order valence-corrected chi connectivity index (χ4v) is 2.14. The van der Waals surface area contributed by atoms with E-state index in [0.717, 1.165) is 32.5 Å². The molecule has 0 spiro atoms. The molecule has 3 N–H and O–H groups in total. The standard InChI is InChI=1S/C13H24N6O2/c1-4-18(5-2)8-6-7-10(3)17-13-11(19(20)21)12(14)15-9-16-13/h9-10H,4-8H2,1-3H3,(H3,14,15,16,17). The van der Waals surface area contributed by atoms with Gasteiger partial charge in [-0.15, -0.1) is 0 Å². The summed E-state index contributed by atoms with van der Waals surface area (Å²) in [5.74, 6) is 0.0654. The van der Waals surface area contributed by atoms with Crippen LogP contribution in [0.5, 0.6) is 0 Å². The third-order valence-electron chi connectivity index (χ3n) is 3.42. The Morgan fingerprint density at radius 3 is 2.67 bits per heavy atom. The number of nitrogen functional groups attached to an aromatic ring is 1. The molecule has 0 bridgehead atoms. The van der Waals surface area contributed by atoms with Gasteiger partial charge >= 0.3 is 5.69 Å². The van der Waals surface area contributed by atoms with Crippen LogP contribution < -0.4 is 11.1 Å². The molecule has 1 atom stereocenters. The Balaban J connectivity index is 2.57. The van der Waals surface area contributed by atoms with Crippen LogP contribution in [0.25, 0.3) is 0 Å². The van der Waals surface area contributed by atoms with Crippen LogP contribution in [-0.2, 0) is 0 Å². The van der Waals surface area contributed by atoms with Crippen LogP contribution in [0, 0.1) is 10.1 Å². The number of anilines is 2. The Hall–Kier alpha value is -1.96. The van der Waals surface area contributed by atoms with Gasteiger partial charge in [0.05, 0.1) is 4.92 Å². The highest BCUT2D eigenvalue weighted by Gasteiger charge is 2.21. The molecule has 0 amide bonds. The number of nitrogens with two attached hydrogens (primary N) is 1. The van der Waals surface area contributed by atoms with Crippen LogP contribution in [0.4, 0.5) is 17.3 Å². The lowest BCUT2D eigenvalue weighted by atomic mass is 10.1. The normalized spacial score (nSPS) is 12.4. The molecular weight excluding hydrogens is 272 g/mol. The zero-order valence-corrected chi connectivity index (χ0v) is 12.9. The van der Waals surface area contributed by atoms with Crippen molar-refractivity contribution in [2.75, 3.05) is 30.7 Å². The zero-order chi connectivity index (χ0) is 15.8. The fourth-order valence-electron chi connectivity index (χ4n) is 2.14. The topological polar surface area (TPSA) is 110 Å². The zero-order valence-electron chi connectivity index (χ0n) is 12.9. The maximum atomic E-state index is 11.0. The minimum absolute atomic E-state index is 0.0774. The van der Waals surface area contributed by atoms with Gasteiger partial charge in [-0.3, -0.25) is 10.1 Å². The first-order valence-corrected chi connectivity index (χ1v) is 7.23. The molecule has 0 fully saturated rings. The molecule has 0 saturated heterocycles. The Kier molecular flexibility index (Phi) is 6.80. The quantitative estimate of drug-likeness (QED) is 0.528. The molecule has 8 nitrogen and oxygen atoms in total. The lowest BCUT2D eigenvalue weighted by Crippen LogP contribution is -2.26. The van der Waals surface area contributed by atoms with Crippen LogP contribution in [0.3, 0.4) is 0 Å². The summed E-state index contributed by atoms with van der Waals surface area (Å²) in [6.45, 7) is 9.34. The van der Waals surface area contributed by atoms with E-state index in [0.29, 0.717) is 0 Å². The van der Waals surface area contributed by atoms with Crippen molar-refractivity contribution in [1.82, 2.24) is 14.9 Å². The third kappa shape index (κ3) is 5.14. The van der Waals surface area contributed by atoms with E-state index in [9.17, 15) is 10.1 Å². The lowest BCUT2D eigenvalue weighted by Gasteiger charge is -2.20. The second kappa shape index (κ2) is 8.35. The summed E-state index contributed by atoms with van der Waals surface area (Å²) in [6, 6.07) is 0.0774. The molecule has 1 unspecified atom stereocenters. The summed E-state index contributed by atoms with van der Waals surface area (Å²) in [7, 11) is 0. The van der Waals surface area contributed by atoms with Crippen LogP contribution in [0.15, 0.2) is 6.33 Å². The molecule has 118 valence electrons. The predicted octanol–water partition coefficient (Wildman–Crippen LogP) is 1.89. The van der Waals surface area contributed by atoms with Crippen molar-refractivity contribution in [2.24, 2.45) is 0 Å². The highest BCUT2D eigenvalue weighted by molar-refractivity contribution is 5.67. The molecule has 0 aliphatic carbocycles. The van der Waals surface area contributed by atoms with Gasteiger partial charge in [-0.05, 0) is 39.4 Å². The van der Waals surface area contributed by atoms with E-state index < -0.39 is 4.92 Å². The molecule has 8 heteroatoms. The van der Waals surface area contributed by atoms with Crippen molar-refractivity contribution in [3.63, 3.8) is 0 Å². The van der Waals surface area contributed by atoms with E-state index >= 15 is 0 Å². The van der Waals surface area contributed by atoms with Crippen LogP contribution in [0.2, 0.25) is 0 Å². The van der Waals surface area contributed by atoms with Gasteiger partial charge in [0, 0.05) is 6.04 Å². The Morgan fingerprint density at radius 2 is 2.10 bits per heavy atom. The molecule has 0 aliphatic rings. The van der Waals surface area contributed by atoms with Gasteiger partial charge in [0.2, 0.25) is 11.6 Å². The molecule has 0 aromatic carbocycles. The molecule has 0 saturated carbocycles. The first-order chi connectivity index (χ1) is 9.99. The Morgan fingerprint density at radius 1 is 1.43 bits per heavy atom. The van der Waals surface area contributed by atoms with E-state index in [1.807, 2.05) is 6.92 Å². The Bertz CT molecular complexity index is 464. The molecule has 0 radical (unpaired) electrons. The predicted molar refractivity (Wildman–Crippen MR) is 83.2 cm³/mol. The Labute approximate surface area is 124 Å². The number of nitrogens with zero attached hydrogens (tertiary/aromatic N) is 4. The fraction of sp³-hybridized carbons (Fsp3) is 0.692. The van der Waals surface area contributed by atoms with E-state index in [1.54, 1.807) is 0 Å². The minimum Gasteiger partial charge on any atom is -0.378 e. The highest BCUT2D eigenvalue weighted by atomic mass is 16.6. The molecule has 1 heterocycles. The van der Waals surface area contributed by atoms with Crippen LogP contribution >= 0.6 is 0 Å². The number of nitrogens with one attached hydrogen (secondary N) is 1. The largest absolute Gasteiger partial charge is 0.378 e. The molecule has 21 heavy (non-hydrogen) atoms. The SMILES string of the molecule is CCN(CC)CCCC(C)Nc1ncnc(N)c1[N+](=O)[O-]. The molecular formula is C13H24N6O2. The number of rotatable bonds is 9. The molecule has 1 rings (SSSR count). The van der Waals surface area contributed by atoms with Gasteiger partial charge in [0.1, 0.15) is 6.33 Å². The van der Waals surface area contributed by atoms with Gasteiger partial charge in [0.25, 0.3) is 0 Å². The average Bonchev–Trinajstić information content (AvgIpc) is 2.43. The maximum absolute atomic E-state index is 11.0. The summed E-state index contributed by atoms with van der Waals surface area (Å²) >= 11 is 0. The van der Waals surface area contributed by atoms with Crippen LogP contribution in [0.1, 0.15) is 33.6 Å². The van der Waals surface area contributed by atoms with Crippen LogP contribution in [-0.4, -0.2) is 45.5 Å². The number of hydrogen-bond acceptors (Lipinski definition) is 7. The van der Waals surface area contributed by atoms with Gasteiger partial charge in [-0.25, -0.2) is 9.97 Å². The highest BCUT2D eigenvalue weighted by Crippen LogP contribution is 2.27. The van der Waals surface area contributed by atoms with Gasteiger partial charge in [-0.2, -0.15) is 0 Å². The second-order valence-electron chi connectivity index (χ2n) is 4.93. The van der Waals surface area contributed by atoms with Crippen molar-refractivity contribution in [1.29, 1.82) is 0 Å². The molecule has 0 aliphatic heterocycles. The van der Waals surface area contributed by atoms with Gasteiger partial charge in [-0.1, -0.05) is 13.8 Å². The minimum atomic E-state index is -0.555. The van der Waals surface area contributed by atoms with E-state index in [1.165, 1.54) is 6.33 Å². The van der Waals surface area contributed by atoms with Gasteiger partial charge < -0.3 is 16.0 Å². The van der Waals surface area contributed by atoms with Crippen molar-refractivity contribution in [2.45, 2.75) is 39.7 Å². The molecule has 1 aromatic heterocycles. The first-order valence-electron chi connectivity index (χ1n) is 7.23.